The van der Waals surface area contributed by atoms with Crippen LogP contribution in [-0.4, -0.2) is 36.4 Å². The van der Waals surface area contributed by atoms with Gasteiger partial charge in [0.25, 0.3) is 0 Å². The smallest absolute Gasteiger partial charge is 0.220 e. The molecule has 0 aliphatic rings. The zero-order chi connectivity index (χ0) is 22.3. The summed E-state index contributed by atoms with van der Waals surface area (Å²) in [4.78, 5) is 23.8. The SMILES string of the molecule is Cc1cc[n+](CCCC(=O)NCCSCCNC(=O)CCC[n+]2ccc(C)cc2)cc1. The topological polar surface area (TPSA) is 66.0 Å². The monoisotopic (exact) mass is 444 g/mol. The number of aryl methyl sites for hydroxylation is 4. The summed E-state index contributed by atoms with van der Waals surface area (Å²) < 4.78 is 4.21. The van der Waals surface area contributed by atoms with Crippen molar-refractivity contribution in [1.82, 2.24) is 10.6 Å². The fourth-order valence-corrected chi connectivity index (χ4v) is 3.71. The molecule has 0 radical (unpaired) electrons. The van der Waals surface area contributed by atoms with Crippen LogP contribution in [0, 0.1) is 13.8 Å². The molecule has 0 saturated carbocycles. The Balaban J connectivity index is 1.39. The third-order valence-electron chi connectivity index (χ3n) is 4.89. The van der Waals surface area contributed by atoms with Gasteiger partial charge in [0.1, 0.15) is 13.1 Å². The standard InChI is InChI=1S/C24H34N4O2S/c1-21-7-15-27(16-8-21)13-3-5-23(29)25-11-19-31-20-12-26-24(30)6-4-14-28-17-9-22(2)10-18-28/h7-10,15-18H,3-6,11-14,19-20H2,1-2H3/p+2. The minimum absolute atomic E-state index is 0.105. The minimum atomic E-state index is 0.105. The second-order valence-corrected chi connectivity index (χ2v) is 8.97. The molecule has 0 fully saturated rings. The molecule has 0 saturated heterocycles. The summed E-state index contributed by atoms with van der Waals surface area (Å²) in [7, 11) is 0. The normalized spacial score (nSPS) is 10.6. The molecule has 6 nitrogen and oxygen atoms in total. The molecular formula is C24H36N4O2S+2. The molecule has 2 amide bonds. The summed E-state index contributed by atoms with van der Waals surface area (Å²) in [6.07, 6.45) is 10.9. The zero-order valence-electron chi connectivity index (χ0n) is 18.8. The van der Waals surface area contributed by atoms with E-state index in [1.165, 1.54) is 11.1 Å². The van der Waals surface area contributed by atoms with E-state index in [-0.39, 0.29) is 11.8 Å². The summed E-state index contributed by atoms with van der Waals surface area (Å²) in [5.41, 5.74) is 2.48. The van der Waals surface area contributed by atoms with Crippen molar-refractivity contribution in [2.24, 2.45) is 0 Å². The minimum Gasteiger partial charge on any atom is -0.355 e. The van der Waals surface area contributed by atoms with Gasteiger partial charge in [-0.25, -0.2) is 9.13 Å². The molecule has 2 heterocycles. The Morgan fingerprint density at radius 1 is 0.742 bits per heavy atom. The number of rotatable bonds is 14. The van der Waals surface area contributed by atoms with Gasteiger partial charge < -0.3 is 10.6 Å². The molecule has 0 bridgehead atoms. The van der Waals surface area contributed by atoms with E-state index in [0.29, 0.717) is 25.9 Å². The quantitative estimate of drug-likeness (QED) is 0.346. The number of hydrogen-bond acceptors (Lipinski definition) is 3. The maximum atomic E-state index is 11.9. The van der Waals surface area contributed by atoms with Crippen molar-refractivity contribution in [3.05, 3.63) is 60.2 Å². The molecule has 2 rings (SSSR count). The number of carbonyl (C=O) groups excluding carboxylic acids is 2. The van der Waals surface area contributed by atoms with E-state index < -0.39 is 0 Å². The highest BCUT2D eigenvalue weighted by Crippen LogP contribution is 1.98. The Morgan fingerprint density at radius 3 is 1.52 bits per heavy atom. The lowest BCUT2D eigenvalue weighted by molar-refractivity contribution is -0.697. The Morgan fingerprint density at radius 2 is 1.13 bits per heavy atom. The van der Waals surface area contributed by atoms with Crippen LogP contribution in [-0.2, 0) is 22.7 Å². The number of thioether (sulfide) groups is 1. The molecule has 0 atom stereocenters. The Kier molecular flexibility index (Phi) is 11.7. The summed E-state index contributed by atoms with van der Waals surface area (Å²) >= 11 is 1.74. The average Bonchev–Trinajstić information content (AvgIpc) is 2.76. The molecule has 2 aromatic rings. The lowest BCUT2D eigenvalue weighted by atomic mass is 10.2. The van der Waals surface area contributed by atoms with Crippen molar-refractivity contribution in [3.63, 3.8) is 0 Å². The van der Waals surface area contributed by atoms with E-state index in [4.69, 9.17) is 0 Å². The van der Waals surface area contributed by atoms with Crippen LogP contribution >= 0.6 is 11.8 Å². The second-order valence-electron chi connectivity index (χ2n) is 7.75. The number of pyridine rings is 2. The highest BCUT2D eigenvalue weighted by molar-refractivity contribution is 7.99. The maximum Gasteiger partial charge on any atom is 0.220 e. The summed E-state index contributed by atoms with van der Waals surface area (Å²) in [6.45, 7) is 7.18. The molecule has 31 heavy (non-hydrogen) atoms. The van der Waals surface area contributed by atoms with Gasteiger partial charge in [-0.3, -0.25) is 9.59 Å². The van der Waals surface area contributed by atoms with Crippen LogP contribution < -0.4 is 19.8 Å². The molecule has 0 aliphatic heterocycles. The third kappa shape index (κ3) is 11.5. The van der Waals surface area contributed by atoms with E-state index in [1.807, 2.05) is 24.8 Å². The number of carbonyl (C=O) groups is 2. The van der Waals surface area contributed by atoms with Crippen LogP contribution in [0.15, 0.2) is 49.1 Å². The van der Waals surface area contributed by atoms with Gasteiger partial charge in [-0.15, -0.1) is 0 Å². The number of hydrogen-bond donors (Lipinski definition) is 2. The van der Waals surface area contributed by atoms with E-state index in [2.05, 4.69) is 57.9 Å². The van der Waals surface area contributed by atoms with Crippen LogP contribution in [0.2, 0.25) is 0 Å². The van der Waals surface area contributed by atoms with Gasteiger partial charge in [0.2, 0.25) is 11.8 Å². The molecule has 0 spiro atoms. The van der Waals surface area contributed by atoms with Crippen LogP contribution in [0.3, 0.4) is 0 Å². The molecular weight excluding hydrogens is 408 g/mol. The van der Waals surface area contributed by atoms with Gasteiger partial charge in [0.15, 0.2) is 24.8 Å². The van der Waals surface area contributed by atoms with E-state index in [0.717, 1.165) is 37.4 Å². The van der Waals surface area contributed by atoms with E-state index in [9.17, 15) is 9.59 Å². The lowest BCUT2D eigenvalue weighted by Crippen LogP contribution is -2.34. The molecule has 2 N–H and O–H groups in total. The zero-order valence-corrected chi connectivity index (χ0v) is 19.6. The van der Waals surface area contributed by atoms with Crippen molar-refractivity contribution < 1.29 is 18.7 Å². The Hall–Kier alpha value is -2.41. The highest BCUT2D eigenvalue weighted by atomic mass is 32.2. The fraction of sp³-hybridized carbons (Fsp3) is 0.500. The highest BCUT2D eigenvalue weighted by Gasteiger charge is 2.06. The van der Waals surface area contributed by atoms with Gasteiger partial charge in [-0.2, -0.15) is 11.8 Å². The van der Waals surface area contributed by atoms with Crippen molar-refractivity contribution in [1.29, 1.82) is 0 Å². The van der Waals surface area contributed by atoms with Gasteiger partial charge in [0, 0.05) is 74.5 Å². The van der Waals surface area contributed by atoms with E-state index in [1.54, 1.807) is 11.8 Å². The number of nitrogens with one attached hydrogen (secondary N) is 2. The summed E-state index contributed by atoms with van der Waals surface area (Å²) in [5, 5.41) is 5.93. The lowest BCUT2D eigenvalue weighted by Gasteiger charge is -2.06. The largest absolute Gasteiger partial charge is 0.355 e. The average molecular weight is 445 g/mol. The number of nitrogens with zero attached hydrogens (tertiary/aromatic N) is 2. The number of amides is 2. The molecule has 0 aliphatic carbocycles. The molecule has 0 aromatic carbocycles. The van der Waals surface area contributed by atoms with Crippen molar-refractivity contribution in [2.75, 3.05) is 24.6 Å². The van der Waals surface area contributed by atoms with Crippen molar-refractivity contribution >= 4 is 23.6 Å². The molecule has 7 heteroatoms. The first kappa shape index (κ1) is 24.9. The van der Waals surface area contributed by atoms with Crippen LogP contribution in [0.4, 0.5) is 0 Å². The molecule has 2 aromatic heterocycles. The van der Waals surface area contributed by atoms with Crippen LogP contribution in [0.1, 0.15) is 36.8 Å². The molecule has 168 valence electrons. The van der Waals surface area contributed by atoms with Crippen LogP contribution in [0.5, 0.6) is 0 Å². The Labute approximate surface area is 190 Å². The van der Waals surface area contributed by atoms with Crippen molar-refractivity contribution in [2.45, 2.75) is 52.6 Å². The second kappa shape index (κ2) is 14.6. The van der Waals surface area contributed by atoms with Crippen molar-refractivity contribution in [3.8, 4) is 0 Å². The van der Waals surface area contributed by atoms with Gasteiger partial charge >= 0.3 is 0 Å². The third-order valence-corrected chi connectivity index (χ3v) is 5.88. The first-order chi connectivity index (χ1) is 15.0. The summed E-state index contributed by atoms with van der Waals surface area (Å²) in [5.74, 6) is 1.93. The van der Waals surface area contributed by atoms with Gasteiger partial charge in [-0.05, 0) is 25.0 Å². The first-order valence-electron chi connectivity index (χ1n) is 11.1. The van der Waals surface area contributed by atoms with Gasteiger partial charge in [-0.1, -0.05) is 0 Å². The fourth-order valence-electron chi connectivity index (χ4n) is 3.01. The first-order valence-corrected chi connectivity index (χ1v) is 12.2. The van der Waals surface area contributed by atoms with Gasteiger partial charge in [0.05, 0.1) is 0 Å². The number of aromatic nitrogens is 2. The Bertz CT molecular complexity index is 727. The van der Waals surface area contributed by atoms with Crippen LogP contribution in [0.25, 0.3) is 0 Å². The predicted molar refractivity (Wildman–Crippen MR) is 125 cm³/mol. The summed E-state index contributed by atoms with van der Waals surface area (Å²) in [6, 6.07) is 8.29. The van der Waals surface area contributed by atoms with E-state index >= 15 is 0 Å². The maximum absolute atomic E-state index is 11.9. The predicted octanol–water partition coefficient (Wildman–Crippen LogP) is 2.10. The molecule has 0 unspecified atom stereocenters.